The Morgan fingerprint density at radius 1 is 1.31 bits per heavy atom. The summed E-state index contributed by atoms with van der Waals surface area (Å²) in [6, 6.07) is 4.45. The fourth-order valence-corrected chi connectivity index (χ4v) is 3.94. The van der Waals surface area contributed by atoms with Crippen LogP contribution in [0.4, 0.5) is 0 Å². The number of rotatable bonds is 5. The van der Waals surface area contributed by atoms with Crippen LogP contribution >= 0.6 is 11.3 Å². The summed E-state index contributed by atoms with van der Waals surface area (Å²) >= 11 is 1.57. The molecule has 3 aromatic rings. The third-order valence-electron chi connectivity index (χ3n) is 4.85. The first kappa shape index (κ1) is 17.0. The number of ether oxygens (including phenoxy) is 1. The first-order valence-corrected chi connectivity index (χ1v) is 9.74. The van der Waals surface area contributed by atoms with Crippen molar-refractivity contribution in [3.8, 4) is 16.9 Å². The SMILES string of the molecule is CC(Oc1cc(-c2cnn(C(C)C)c2)cc2ncsc12)C1CNC(=O)C1. The van der Waals surface area contributed by atoms with Gasteiger partial charge < -0.3 is 10.1 Å². The quantitative estimate of drug-likeness (QED) is 0.744. The smallest absolute Gasteiger partial charge is 0.220 e. The summed E-state index contributed by atoms with van der Waals surface area (Å²) in [5.74, 6) is 1.12. The molecule has 2 unspecified atom stereocenters. The number of hydrogen-bond acceptors (Lipinski definition) is 5. The Labute approximate surface area is 156 Å². The molecule has 1 aromatic carbocycles. The molecule has 1 saturated heterocycles. The van der Waals surface area contributed by atoms with Crippen LogP contribution in [0, 0.1) is 5.92 Å². The summed E-state index contributed by atoms with van der Waals surface area (Å²) in [6.07, 6.45) is 4.40. The lowest BCUT2D eigenvalue weighted by molar-refractivity contribution is -0.119. The van der Waals surface area contributed by atoms with Crippen LogP contribution in [0.5, 0.6) is 5.75 Å². The molecule has 1 amide bonds. The van der Waals surface area contributed by atoms with E-state index in [1.807, 2.05) is 29.5 Å². The van der Waals surface area contributed by atoms with Crippen molar-refractivity contribution in [1.82, 2.24) is 20.1 Å². The molecule has 1 aliphatic rings. The van der Waals surface area contributed by atoms with Crippen molar-refractivity contribution < 1.29 is 9.53 Å². The number of carbonyl (C=O) groups is 1. The van der Waals surface area contributed by atoms with Crippen LogP contribution in [-0.2, 0) is 4.79 Å². The van der Waals surface area contributed by atoms with Crippen LogP contribution in [0.2, 0.25) is 0 Å². The molecule has 4 rings (SSSR count). The Morgan fingerprint density at radius 3 is 2.85 bits per heavy atom. The van der Waals surface area contributed by atoms with Gasteiger partial charge in [0.05, 0.1) is 21.9 Å². The lowest BCUT2D eigenvalue weighted by atomic mass is 10.0. The number of hydrogen-bond donors (Lipinski definition) is 1. The van der Waals surface area contributed by atoms with Crippen molar-refractivity contribution in [1.29, 1.82) is 0 Å². The van der Waals surface area contributed by atoms with Gasteiger partial charge in [0.1, 0.15) is 11.9 Å². The van der Waals surface area contributed by atoms with Crippen molar-refractivity contribution in [2.24, 2.45) is 5.92 Å². The number of nitrogens with one attached hydrogen (secondary N) is 1. The lowest BCUT2D eigenvalue weighted by Gasteiger charge is -2.20. The Hall–Kier alpha value is -2.41. The van der Waals surface area contributed by atoms with E-state index in [9.17, 15) is 4.79 Å². The number of thiazole rings is 1. The predicted octanol–water partition coefficient (Wildman–Crippen LogP) is 3.64. The van der Waals surface area contributed by atoms with E-state index in [0.717, 1.165) is 27.1 Å². The molecule has 0 spiro atoms. The summed E-state index contributed by atoms with van der Waals surface area (Å²) in [5.41, 5.74) is 4.85. The monoisotopic (exact) mass is 370 g/mol. The largest absolute Gasteiger partial charge is 0.489 e. The topological polar surface area (TPSA) is 69.0 Å². The lowest BCUT2D eigenvalue weighted by Crippen LogP contribution is -2.25. The molecule has 1 N–H and O–H groups in total. The highest BCUT2D eigenvalue weighted by Crippen LogP contribution is 2.36. The molecule has 1 aliphatic heterocycles. The van der Waals surface area contributed by atoms with E-state index >= 15 is 0 Å². The molecular formula is C19H22N4O2S. The minimum atomic E-state index is -0.0483. The normalized spacial score (nSPS) is 18.5. The molecule has 136 valence electrons. The maximum Gasteiger partial charge on any atom is 0.220 e. The van der Waals surface area contributed by atoms with Gasteiger partial charge in [-0.15, -0.1) is 11.3 Å². The van der Waals surface area contributed by atoms with E-state index in [0.29, 0.717) is 19.0 Å². The second-order valence-corrected chi connectivity index (χ2v) is 7.92. The van der Waals surface area contributed by atoms with Gasteiger partial charge in [0.2, 0.25) is 5.91 Å². The summed E-state index contributed by atoms with van der Waals surface area (Å²) in [6.45, 7) is 6.91. The third kappa shape index (κ3) is 3.19. The maximum absolute atomic E-state index is 11.5. The molecule has 2 aromatic heterocycles. The van der Waals surface area contributed by atoms with Gasteiger partial charge in [-0.05, 0) is 38.5 Å². The van der Waals surface area contributed by atoms with Crippen molar-refractivity contribution in [2.75, 3.05) is 6.54 Å². The highest BCUT2D eigenvalue weighted by molar-refractivity contribution is 7.17. The molecule has 26 heavy (non-hydrogen) atoms. The number of aromatic nitrogens is 3. The van der Waals surface area contributed by atoms with Crippen LogP contribution in [0.25, 0.3) is 21.3 Å². The number of benzene rings is 1. The van der Waals surface area contributed by atoms with Gasteiger partial charge in [0.25, 0.3) is 0 Å². The molecule has 3 heterocycles. The molecule has 0 radical (unpaired) electrons. The van der Waals surface area contributed by atoms with Crippen molar-refractivity contribution >= 4 is 27.5 Å². The number of fused-ring (bicyclic) bond motifs is 1. The number of amides is 1. The molecule has 6 nitrogen and oxygen atoms in total. The van der Waals surface area contributed by atoms with Crippen molar-refractivity contribution in [3.05, 3.63) is 30.0 Å². The molecule has 1 fully saturated rings. The molecule has 2 atom stereocenters. The van der Waals surface area contributed by atoms with E-state index in [-0.39, 0.29) is 17.9 Å². The minimum Gasteiger partial charge on any atom is -0.489 e. The van der Waals surface area contributed by atoms with Crippen molar-refractivity contribution in [2.45, 2.75) is 39.3 Å². The van der Waals surface area contributed by atoms with Gasteiger partial charge in [-0.25, -0.2) is 4.98 Å². The van der Waals surface area contributed by atoms with Gasteiger partial charge in [-0.3, -0.25) is 9.48 Å². The van der Waals surface area contributed by atoms with Crippen LogP contribution in [0.15, 0.2) is 30.0 Å². The van der Waals surface area contributed by atoms with Gasteiger partial charge in [-0.2, -0.15) is 5.10 Å². The average molecular weight is 370 g/mol. The molecule has 0 bridgehead atoms. The molecule has 7 heteroatoms. The number of carbonyl (C=O) groups excluding carboxylic acids is 1. The predicted molar refractivity (Wildman–Crippen MR) is 102 cm³/mol. The maximum atomic E-state index is 11.5. The molecule has 0 saturated carbocycles. The van der Waals surface area contributed by atoms with Gasteiger partial charge in [0, 0.05) is 36.7 Å². The zero-order valence-corrected chi connectivity index (χ0v) is 15.9. The van der Waals surface area contributed by atoms with Crippen LogP contribution in [-0.4, -0.2) is 33.3 Å². The molecule has 0 aliphatic carbocycles. The number of nitrogens with zero attached hydrogens (tertiary/aromatic N) is 3. The first-order chi connectivity index (χ1) is 12.5. The zero-order valence-electron chi connectivity index (χ0n) is 15.1. The third-order valence-corrected chi connectivity index (χ3v) is 5.70. The summed E-state index contributed by atoms with van der Waals surface area (Å²) in [4.78, 5) is 16.0. The Kier molecular flexibility index (Phi) is 4.40. The Morgan fingerprint density at radius 2 is 2.15 bits per heavy atom. The highest BCUT2D eigenvalue weighted by Gasteiger charge is 2.28. The minimum absolute atomic E-state index is 0.0483. The van der Waals surface area contributed by atoms with E-state index in [1.54, 1.807) is 11.3 Å². The van der Waals surface area contributed by atoms with Crippen LogP contribution < -0.4 is 10.1 Å². The fraction of sp³-hybridized carbons (Fsp3) is 0.421. The Bertz CT molecular complexity index is 946. The van der Waals surface area contributed by atoms with Crippen LogP contribution in [0.3, 0.4) is 0 Å². The summed E-state index contributed by atoms with van der Waals surface area (Å²) < 4.78 is 9.27. The van der Waals surface area contributed by atoms with E-state index < -0.39 is 0 Å². The second-order valence-electron chi connectivity index (χ2n) is 7.07. The zero-order chi connectivity index (χ0) is 18.3. The summed E-state index contributed by atoms with van der Waals surface area (Å²) in [5, 5.41) is 7.31. The van der Waals surface area contributed by atoms with Gasteiger partial charge >= 0.3 is 0 Å². The summed E-state index contributed by atoms with van der Waals surface area (Å²) in [7, 11) is 0. The Balaban J connectivity index is 1.67. The van der Waals surface area contributed by atoms with Gasteiger partial charge in [-0.1, -0.05) is 0 Å². The standard InChI is InChI=1S/C19H22N4O2S/c1-11(2)23-9-15(8-22-23)13-4-16-19(26-10-21-16)17(5-13)25-12(3)14-6-18(24)20-7-14/h4-5,8-12,14H,6-7H2,1-3H3,(H,20,24). The van der Waals surface area contributed by atoms with E-state index in [4.69, 9.17) is 4.74 Å². The molecular weight excluding hydrogens is 348 g/mol. The van der Waals surface area contributed by atoms with Crippen LogP contribution in [0.1, 0.15) is 33.2 Å². The van der Waals surface area contributed by atoms with Gasteiger partial charge in [0.15, 0.2) is 0 Å². The second kappa shape index (κ2) is 6.72. The van der Waals surface area contributed by atoms with E-state index in [1.165, 1.54) is 0 Å². The van der Waals surface area contributed by atoms with Crippen molar-refractivity contribution in [3.63, 3.8) is 0 Å². The first-order valence-electron chi connectivity index (χ1n) is 8.86. The fourth-order valence-electron chi connectivity index (χ4n) is 3.22. The van der Waals surface area contributed by atoms with E-state index in [2.05, 4.69) is 41.4 Å². The highest BCUT2D eigenvalue weighted by atomic mass is 32.1. The average Bonchev–Trinajstić information content (AvgIpc) is 3.34.